The van der Waals surface area contributed by atoms with Gasteiger partial charge in [0.05, 0.1) is 0 Å². The Morgan fingerprint density at radius 2 is 1.91 bits per heavy atom. The van der Waals surface area contributed by atoms with Crippen LogP contribution in [0, 0.1) is 0 Å². The van der Waals surface area contributed by atoms with Crippen LogP contribution in [-0.4, -0.2) is 12.6 Å². The van der Waals surface area contributed by atoms with Crippen LogP contribution in [0.4, 0.5) is 0 Å². The predicted octanol–water partition coefficient (Wildman–Crippen LogP) is 1.89. The lowest BCUT2D eigenvalue weighted by atomic mass is 10.1. The van der Waals surface area contributed by atoms with Crippen LogP contribution in [0.1, 0.15) is 32.1 Å². The van der Waals surface area contributed by atoms with Crippen molar-refractivity contribution in [3.63, 3.8) is 0 Å². The van der Waals surface area contributed by atoms with E-state index in [-0.39, 0.29) is 0 Å². The zero-order valence-electron chi connectivity index (χ0n) is 6.71. The van der Waals surface area contributed by atoms with E-state index >= 15 is 0 Å². The van der Waals surface area contributed by atoms with Crippen molar-refractivity contribution in [1.82, 2.24) is 0 Å². The number of carbonyl (C=O) groups excluding carboxylic acids is 2. The molecule has 11 heavy (non-hydrogen) atoms. The molecule has 0 radical (unpaired) electrons. The largest absolute Gasteiger partial charge is 0.303 e. The molecule has 0 spiro atoms. The smallest absolute Gasteiger partial charge is 0.145 e. The third kappa shape index (κ3) is 6.97. The average molecular weight is 154 g/mol. The molecule has 0 aliphatic rings. The summed E-state index contributed by atoms with van der Waals surface area (Å²) in [5.74, 6) is 0. The zero-order chi connectivity index (χ0) is 8.53. The van der Waals surface area contributed by atoms with Crippen molar-refractivity contribution in [3.05, 3.63) is 12.2 Å². The van der Waals surface area contributed by atoms with E-state index in [4.69, 9.17) is 0 Å². The normalized spacial score (nSPS) is 9.09. The molecule has 0 aromatic heterocycles. The number of hydrogen-bond donors (Lipinski definition) is 0. The summed E-state index contributed by atoms with van der Waals surface area (Å²) in [6, 6.07) is 0. The molecule has 62 valence electrons. The fraction of sp³-hybridized carbons (Fsp3) is 0.556. The molecule has 0 aromatic carbocycles. The third-order valence-electron chi connectivity index (χ3n) is 1.49. The van der Waals surface area contributed by atoms with Crippen LogP contribution in [0.15, 0.2) is 12.2 Å². The van der Waals surface area contributed by atoms with Crippen molar-refractivity contribution in [1.29, 1.82) is 0 Å². The molecular weight excluding hydrogens is 140 g/mol. The van der Waals surface area contributed by atoms with Gasteiger partial charge in [-0.3, -0.25) is 4.79 Å². The van der Waals surface area contributed by atoms with Gasteiger partial charge in [-0.1, -0.05) is 13.0 Å². The summed E-state index contributed by atoms with van der Waals surface area (Å²) in [5.41, 5.74) is 0.649. The van der Waals surface area contributed by atoms with Crippen LogP contribution < -0.4 is 0 Å². The van der Waals surface area contributed by atoms with Gasteiger partial charge in [-0.2, -0.15) is 0 Å². The molecule has 2 nitrogen and oxygen atoms in total. The SMILES string of the molecule is C=C(C=O)CCCCCC=O. The van der Waals surface area contributed by atoms with E-state index in [1.165, 1.54) is 0 Å². The van der Waals surface area contributed by atoms with Gasteiger partial charge in [-0.15, -0.1) is 0 Å². The van der Waals surface area contributed by atoms with Crippen LogP contribution >= 0.6 is 0 Å². The van der Waals surface area contributed by atoms with Crippen molar-refractivity contribution in [2.24, 2.45) is 0 Å². The molecule has 0 heterocycles. The van der Waals surface area contributed by atoms with Crippen molar-refractivity contribution < 1.29 is 9.59 Å². The molecule has 0 saturated heterocycles. The molecule has 0 N–H and O–H groups in total. The summed E-state index contributed by atoms with van der Waals surface area (Å²) in [7, 11) is 0. The lowest BCUT2D eigenvalue weighted by Gasteiger charge is -1.95. The first-order valence-electron chi connectivity index (χ1n) is 3.88. The van der Waals surface area contributed by atoms with E-state index < -0.39 is 0 Å². The number of rotatable bonds is 7. The minimum absolute atomic E-state index is 0.633. The molecule has 0 rings (SSSR count). The molecule has 0 aliphatic carbocycles. The monoisotopic (exact) mass is 154 g/mol. The Morgan fingerprint density at radius 1 is 1.18 bits per heavy atom. The van der Waals surface area contributed by atoms with E-state index in [0.717, 1.165) is 38.3 Å². The lowest BCUT2D eigenvalue weighted by Crippen LogP contribution is -1.84. The van der Waals surface area contributed by atoms with E-state index in [9.17, 15) is 9.59 Å². The molecule has 2 heteroatoms. The van der Waals surface area contributed by atoms with Gasteiger partial charge in [0.25, 0.3) is 0 Å². The molecule has 0 saturated carbocycles. The summed E-state index contributed by atoms with van der Waals surface area (Å²) in [6.07, 6.45) is 6.01. The topological polar surface area (TPSA) is 34.1 Å². The van der Waals surface area contributed by atoms with Crippen molar-refractivity contribution in [2.45, 2.75) is 32.1 Å². The summed E-state index contributed by atoms with van der Waals surface area (Å²) in [5, 5.41) is 0. The van der Waals surface area contributed by atoms with Gasteiger partial charge in [0, 0.05) is 6.42 Å². The molecule has 0 unspecified atom stereocenters. The Morgan fingerprint density at radius 3 is 2.45 bits per heavy atom. The van der Waals surface area contributed by atoms with Crippen molar-refractivity contribution in [2.75, 3.05) is 0 Å². The van der Waals surface area contributed by atoms with Crippen LogP contribution in [0.2, 0.25) is 0 Å². The molecule has 0 bridgehead atoms. The van der Waals surface area contributed by atoms with Crippen LogP contribution in [-0.2, 0) is 9.59 Å². The third-order valence-corrected chi connectivity index (χ3v) is 1.49. The van der Waals surface area contributed by atoms with Gasteiger partial charge >= 0.3 is 0 Å². The second-order valence-corrected chi connectivity index (χ2v) is 2.54. The second kappa shape index (κ2) is 7.19. The first kappa shape index (κ1) is 10.1. The summed E-state index contributed by atoms with van der Waals surface area (Å²) < 4.78 is 0. The number of allylic oxidation sites excluding steroid dienone is 1. The first-order valence-corrected chi connectivity index (χ1v) is 3.88. The fourth-order valence-corrected chi connectivity index (χ4v) is 0.815. The Kier molecular flexibility index (Phi) is 6.59. The standard InChI is InChI=1S/C9H14O2/c1-9(8-11)6-4-2-3-5-7-10/h7-8H,1-6H2. The Balaban J connectivity index is 3.07. The second-order valence-electron chi connectivity index (χ2n) is 2.54. The average Bonchev–Trinajstić information content (AvgIpc) is 2.04. The predicted molar refractivity (Wildman–Crippen MR) is 44.4 cm³/mol. The maximum Gasteiger partial charge on any atom is 0.145 e. The minimum atomic E-state index is 0.633. The van der Waals surface area contributed by atoms with Crippen LogP contribution in [0.5, 0.6) is 0 Å². The van der Waals surface area contributed by atoms with Gasteiger partial charge < -0.3 is 4.79 Å². The van der Waals surface area contributed by atoms with E-state index in [2.05, 4.69) is 6.58 Å². The highest BCUT2D eigenvalue weighted by atomic mass is 16.1. The number of carbonyl (C=O) groups is 2. The quantitative estimate of drug-likeness (QED) is 0.319. The molecule has 0 atom stereocenters. The Hall–Kier alpha value is -0.920. The Bertz CT molecular complexity index is 138. The molecule has 0 aliphatic heterocycles. The van der Waals surface area contributed by atoms with Gasteiger partial charge in [0.2, 0.25) is 0 Å². The van der Waals surface area contributed by atoms with Gasteiger partial charge in [0.1, 0.15) is 12.6 Å². The summed E-state index contributed by atoms with van der Waals surface area (Å²) >= 11 is 0. The van der Waals surface area contributed by atoms with Gasteiger partial charge in [-0.25, -0.2) is 0 Å². The van der Waals surface area contributed by atoms with Crippen molar-refractivity contribution >= 4 is 12.6 Å². The first-order chi connectivity index (χ1) is 5.31. The lowest BCUT2D eigenvalue weighted by molar-refractivity contribution is -0.108. The minimum Gasteiger partial charge on any atom is -0.303 e. The van der Waals surface area contributed by atoms with E-state index in [1.54, 1.807) is 0 Å². The fourth-order valence-electron chi connectivity index (χ4n) is 0.815. The van der Waals surface area contributed by atoms with Crippen LogP contribution in [0.25, 0.3) is 0 Å². The highest BCUT2D eigenvalue weighted by Gasteiger charge is 1.91. The Labute approximate surface area is 67.3 Å². The number of unbranched alkanes of at least 4 members (excludes halogenated alkanes) is 3. The number of aldehydes is 2. The molecule has 0 aromatic rings. The molecule has 0 fully saturated rings. The zero-order valence-corrected chi connectivity index (χ0v) is 6.71. The van der Waals surface area contributed by atoms with Gasteiger partial charge in [-0.05, 0) is 24.8 Å². The summed E-state index contributed by atoms with van der Waals surface area (Å²) in [6.45, 7) is 3.55. The van der Waals surface area contributed by atoms with Gasteiger partial charge in [0.15, 0.2) is 0 Å². The highest BCUT2D eigenvalue weighted by molar-refractivity contribution is 5.71. The maximum atomic E-state index is 10.1. The van der Waals surface area contributed by atoms with Crippen LogP contribution in [0.3, 0.4) is 0 Å². The van der Waals surface area contributed by atoms with Crippen molar-refractivity contribution in [3.8, 4) is 0 Å². The number of hydrogen-bond acceptors (Lipinski definition) is 2. The van der Waals surface area contributed by atoms with E-state index in [0.29, 0.717) is 12.0 Å². The highest BCUT2D eigenvalue weighted by Crippen LogP contribution is 2.05. The molecule has 0 amide bonds. The maximum absolute atomic E-state index is 10.1. The molecular formula is C9H14O2. The van der Waals surface area contributed by atoms with E-state index in [1.807, 2.05) is 0 Å². The summed E-state index contributed by atoms with van der Waals surface area (Å²) in [4.78, 5) is 20.0.